The highest BCUT2D eigenvalue weighted by atomic mass is 15.4. The molecule has 19 heavy (non-hydrogen) atoms. The summed E-state index contributed by atoms with van der Waals surface area (Å²) in [5, 5.41) is 4.58. The number of pyridine rings is 1. The maximum Gasteiger partial charge on any atom is 0.245 e. The Kier molecular flexibility index (Phi) is 3.14. The first kappa shape index (κ1) is 12.4. The third-order valence-electron chi connectivity index (χ3n) is 4.15. The van der Waals surface area contributed by atoms with Crippen LogP contribution in [0.3, 0.4) is 0 Å². The van der Waals surface area contributed by atoms with E-state index < -0.39 is 0 Å². The number of fused-ring (bicyclic) bond motifs is 1. The molecule has 1 saturated heterocycles. The number of anilines is 1. The Hall–Kier alpha value is -1.62. The zero-order valence-corrected chi connectivity index (χ0v) is 11.6. The molecule has 0 aromatic carbocycles. The Labute approximate surface area is 113 Å². The van der Waals surface area contributed by atoms with Gasteiger partial charge in [0.15, 0.2) is 5.65 Å². The number of aromatic nitrogens is 3. The fraction of sp³-hybridized carbons (Fsp3) is 0.571. The zero-order valence-electron chi connectivity index (χ0n) is 11.6. The molecule has 1 fully saturated rings. The smallest absolute Gasteiger partial charge is 0.245 e. The topological polar surface area (TPSA) is 59.5 Å². The number of nitrogens with two attached hydrogens (primary N) is 1. The van der Waals surface area contributed by atoms with Crippen molar-refractivity contribution in [2.75, 3.05) is 18.0 Å². The molecule has 0 amide bonds. The SMILES string of the molecule is CCC1CN(c2nc3c(C)cccn3n2)CCC1N. The van der Waals surface area contributed by atoms with Crippen LogP contribution < -0.4 is 10.6 Å². The number of nitrogens with zero attached hydrogens (tertiary/aromatic N) is 4. The van der Waals surface area contributed by atoms with Gasteiger partial charge in [0.1, 0.15) is 0 Å². The molecule has 3 rings (SSSR count). The fourth-order valence-electron chi connectivity index (χ4n) is 2.83. The van der Waals surface area contributed by atoms with Crippen molar-refractivity contribution in [1.29, 1.82) is 0 Å². The molecule has 102 valence electrons. The minimum absolute atomic E-state index is 0.319. The summed E-state index contributed by atoms with van der Waals surface area (Å²) in [6, 6.07) is 4.39. The predicted octanol–water partition coefficient (Wildman–Crippen LogP) is 1.60. The minimum atomic E-state index is 0.319. The first-order valence-electron chi connectivity index (χ1n) is 7.01. The van der Waals surface area contributed by atoms with Gasteiger partial charge in [-0.25, -0.2) is 4.52 Å². The van der Waals surface area contributed by atoms with Crippen LogP contribution in [-0.4, -0.2) is 33.7 Å². The number of rotatable bonds is 2. The summed E-state index contributed by atoms with van der Waals surface area (Å²) in [7, 11) is 0. The normalized spacial score (nSPS) is 24.1. The molecule has 0 bridgehead atoms. The molecule has 2 aromatic heterocycles. The van der Waals surface area contributed by atoms with Gasteiger partial charge in [-0.15, -0.1) is 5.10 Å². The molecule has 5 heteroatoms. The van der Waals surface area contributed by atoms with E-state index in [1.807, 2.05) is 16.8 Å². The third-order valence-corrected chi connectivity index (χ3v) is 4.15. The van der Waals surface area contributed by atoms with Crippen molar-refractivity contribution in [3.8, 4) is 0 Å². The van der Waals surface area contributed by atoms with E-state index in [0.29, 0.717) is 12.0 Å². The van der Waals surface area contributed by atoms with Crippen LogP contribution in [0, 0.1) is 12.8 Å². The van der Waals surface area contributed by atoms with Gasteiger partial charge in [-0.2, -0.15) is 4.98 Å². The predicted molar refractivity (Wildman–Crippen MR) is 76.3 cm³/mol. The van der Waals surface area contributed by atoms with E-state index in [-0.39, 0.29) is 0 Å². The molecule has 2 aromatic rings. The standard InChI is InChI=1S/C14H21N5/c1-3-11-9-18(8-6-12(11)15)14-16-13-10(2)5-4-7-19(13)17-14/h4-5,7,11-12H,3,6,8-9,15H2,1-2H3. The maximum atomic E-state index is 6.16. The molecule has 2 atom stereocenters. The summed E-state index contributed by atoms with van der Waals surface area (Å²) in [4.78, 5) is 6.93. The lowest BCUT2D eigenvalue weighted by molar-refractivity contribution is 0.345. The molecular weight excluding hydrogens is 238 g/mol. The van der Waals surface area contributed by atoms with Crippen molar-refractivity contribution in [3.05, 3.63) is 23.9 Å². The van der Waals surface area contributed by atoms with Gasteiger partial charge in [0.2, 0.25) is 5.95 Å². The zero-order chi connectivity index (χ0) is 13.4. The lowest BCUT2D eigenvalue weighted by Gasteiger charge is -2.35. The van der Waals surface area contributed by atoms with Crippen LogP contribution in [0.4, 0.5) is 5.95 Å². The largest absolute Gasteiger partial charge is 0.339 e. The lowest BCUT2D eigenvalue weighted by Crippen LogP contribution is -2.47. The van der Waals surface area contributed by atoms with Gasteiger partial charge < -0.3 is 10.6 Å². The molecule has 5 nitrogen and oxygen atoms in total. The van der Waals surface area contributed by atoms with E-state index >= 15 is 0 Å². The fourth-order valence-corrected chi connectivity index (χ4v) is 2.83. The van der Waals surface area contributed by atoms with Crippen LogP contribution in [0.25, 0.3) is 5.65 Å². The van der Waals surface area contributed by atoms with Crippen molar-refractivity contribution in [2.45, 2.75) is 32.7 Å². The average molecular weight is 259 g/mol. The van der Waals surface area contributed by atoms with Crippen LogP contribution in [0.1, 0.15) is 25.3 Å². The molecule has 0 radical (unpaired) electrons. The summed E-state index contributed by atoms with van der Waals surface area (Å²) >= 11 is 0. The van der Waals surface area contributed by atoms with E-state index in [2.05, 4.69) is 34.9 Å². The Morgan fingerprint density at radius 3 is 3.05 bits per heavy atom. The van der Waals surface area contributed by atoms with Gasteiger partial charge in [0.25, 0.3) is 0 Å². The molecule has 0 spiro atoms. The van der Waals surface area contributed by atoms with Crippen LogP contribution in [-0.2, 0) is 0 Å². The summed E-state index contributed by atoms with van der Waals surface area (Å²) in [6.45, 7) is 6.19. The molecule has 2 unspecified atom stereocenters. The second kappa shape index (κ2) is 4.81. The van der Waals surface area contributed by atoms with E-state index in [0.717, 1.165) is 43.1 Å². The number of hydrogen-bond acceptors (Lipinski definition) is 4. The quantitative estimate of drug-likeness (QED) is 0.890. The minimum Gasteiger partial charge on any atom is -0.339 e. The van der Waals surface area contributed by atoms with Crippen molar-refractivity contribution in [1.82, 2.24) is 14.6 Å². The second-order valence-electron chi connectivity index (χ2n) is 5.44. The summed E-state index contributed by atoms with van der Waals surface area (Å²) in [5.74, 6) is 1.38. The van der Waals surface area contributed by atoms with E-state index in [9.17, 15) is 0 Å². The average Bonchev–Trinajstić information content (AvgIpc) is 2.85. The lowest BCUT2D eigenvalue weighted by atomic mass is 9.91. The molecule has 0 saturated carbocycles. The molecule has 2 N–H and O–H groups in total. The highest BCUT2D eigenvalue weighted by Crippen LogP contribution is 2.23. The van der Waals surface area contributed by atoms with Crippen LogP contribution in [0.5, 0.6) is 0 Å². The highest BCUT2D eigenvalue weighted by Gasteiger charge is 2.27. The molecule has 0 aliphatic carbocycles. The Balaban J connectivity index is 1.90. The highest BCUT2D eigenvalue weighted by molar-refractivity contribution is 5.50. The van der Waals surface area contributed by atoms with E-state index in [4.69, 9.17) is 5.73 Å². The van der Waals surface area contributed by atoms with Crippen LogP contribution >= 0.6 is 0 Å². The molecule has 1 aliphatic heterocycles. The van der Waals surface area contributed by atoms with E-state index in [1.54, 1.807) is 0 Å². The summed E-state index contributed by atoms with van der Waals surface area (Å²) in [6.07, 6.45) is 4.09. The van der Waals surface area contributed by atoms with E-state index in [1.165, 1.54) is 0 Å². The van der Waals surface area contributed by atoms with Gasteiger partial charge in [0.05, 0.1) is 0 Å². The van der Waals surface area contributed by atoms with Crippen molar-refractivity contribution in [2.24, 2.45) is 11.7 Å². The van der Waals surface area contributed by atoms with Gasteiger partial charge in [-0.3, -0.25) is 0 Å². The number of aryl methyl sites for hydroxylation is 1. The first-order chi connectivity index (χ1) is 9.19. The second-order valence-corrected chi connectivity index (χ2v) is 5.44. The van der Waals surface area contributed by atoms with Gasteiger partial charge in [-0.05, 0) is 30.9 Å². The Morgan fingerprint density at radius 2 is 2.32 bits per heavy atom. The molecule has 1 aliphatic rings. The molecule has 3 heterocycles. The van der Waals surface area contributed by atoms with Gasteiger partial charge in [-0.1, -0.05) is 19.4 Å². The summed E-state index contributed by atoms with van der Waals surface area (Å²) < 4.78 is 1.86. The molecular formula is C14H21N5. The Bertz CT molecular complexity index is 576. The van der Waals surface area contributed by atoms with Gasteiger partial charge >= 0.3 is 0 Å². The number of hydrogen-bond donors (Lipinski definition) is 1. The van der Waals surface area contributed by atoms with Gasteiger partial charge in [0, 0.05) is 25.3 Å². The Morgan fingerprint density at radius 1 is 1.47 bits per heavy atom. The number of piperidine rings is 1. The first-order valence-corrected chi connectivity index (χ1v) is 7.01. The third kappa shape index (κ3) is 2.18. The van der Waals surface area contributed by atoms with Crippen molar-refractivity contribution in [3.63, 3.8) is 0 Å². The van der Waals surface area contributed by atoms with Crippen molar-refractivity contribution >= 4 is 11.6 Å². The van der Waals surface area contributed by atoms with Crippen molar-refractivity contribution < 1.29 is 0 Å². The summed E-state index contributed by atoms with van der Waals surface area (Å²) in [5.41, 5.74) is 8.26. The van der Waals surface area contributed by atoms with Crippen LogP contribution in [0.15, 0.2) is 18.3 Å². The monoisotopic (exact) mass is 259 g/mol. The maximum absolute atomic E-state index is 6.16. The van der Waals surface area contributed by atoms with Crippen LogP contribution in [0.2, 0.25) is 0 Å².